The number of rotatable bonds is 11. The van der Waals surface area contributed by atoms with Crippen LogP contribution in [-0.4, -0.2) is 22.2 Å². The van der Waals surface area contributed by atoms with E-state index in [1.165, 1.54) is 32.1 Å². The Hall–Kier alpha value is -1.58. The quantitative estimate of drug-likeness (QED) is 0.536. The number of aliphatic carboxylic acids is 2. The minimum absolute atomic E-state index is 0.218. The van der Waals surface area contributed by atoms with Crippen molar-refractivity contribution < 1.29 is 19.8 Å². The van der Waals surface area contributed by atoms with E-state index in [9.17, 15) is 19.8 Å². The van der Waals surface area contributed by atoms with E-state index in [2.05, 4.69) is 6.92 Å². The SMILES string of the molecule is CCCCCCCCCCC1(C)C(C(=O)O)=CC=CC1C(=O)O. The number of allylic oxidation sites excluding steroid dienone is 2. The molecule has 0 aromatic carbocycles. The summed E-state index contributed by atoms with van der Waals surface area (Å²) >= 11 is 0. The normalized spacial score (nSPS) is 23.6. The van der Waals surface area contributed by atoms with Crippen LogP contribution in [0.2, 0.25) is 0 Å². The van der Waals surface area contributed by atoms with Crippen LogP contribution in [0, 0.1) is 11.3 Å². The molecule has 0 aliphatic heterocycles. The molecule has 0 saturated carbocycles. The number of carboxylic acid groups (broad SMARTS) is 2. The van der Waals surface area contributed by atoms with Gasteiger partial charge in [-0.3, -0.25) is 4.79 Å². The molecule has 1 aliphatic rings. The number of carboxylic acids is 2. The molecule has 0 amide bonds. The van der Waals surface area contributed by atoms with Crippen molar-refractivity contribution in [3.63, 3.8) is 0 Å². The molecular weight excluding hydrogens is 292 g/mol. The molecular formula is C19H30O4. The van der Waals surface area contributed by atoms with Gasteiger partial charge in [0.25, 0.3) is 0 Å². The van der Waals surface area contributed by atoms with Gasteiger partial charge in [-0.05, 0) is 6.42 Å². The Morgan fingerprint density at radius 1 is 1.04 bits per heavy atom. The van der Waals surface area contributed by atoms with Gasteiger partial charge in [-0.2, -0.15) is 0 Å². The first kappa shape index (κ1) is 19.5. The summed E-state index contributed by atoms with van der Waals surface area (Å²) < 4.78 is 0. The summed E-state index contributed by atoms with van der Waals surface area (Å²) in [5, 5.41) is 18.8. The molecule has 4 heteroatoms. The highest BCUT2D eigenvalue weighted by Gasteiger charge is 2.44. The van der Waals surface area contributed by atoms with Gasteiger partial charge in [0, 0.05) is 11.0 Å². The average molecular weight is 322 g/mol. The van der Waals surface area contributed by atoms with Gasteiger partial charge in [0.15, 0.2) is 0 Å². The smallest absolute Gasteiger partial charge is 0.332 e. The fourth-order valence-corrected chi connectivity index (χ4v) is 3.42. The second-order valence-electron chi connectivity index (χ2n) is 6.73. The number of hydrogen-bond acceptors (Lipinski definition) is 2. The summed E-state index contributed by atoms with van der Waals surface area (Å²) in [4.78, 5) is 23.0. The van der Waals surface area contributed by atoms with Crippen LogP contribution < -0.4 is 0 Å². The lowest BCUT2D eigenvalue weighted by Crippen LogP contribution is -2.38. The zero-order valence-electron chi connectivity index (χ0n) is 14.4. The molecule has 0 saturated heterocycles. The first-order chi connectivity index (χ1) is 10.9. The van der Waals surface area contributed by atoms with Crippen molar-refractivity contribution in [1.82, 2.24) is 0 Å². The Labute approximate surface area is 139 Å². The zero-order valence-corrected chi connectivity index (χ0v) is 14.4. The van der Waals surface area contributed by atoms with E-state index in [1.54, 1.807) is 25.2 Å². The summed E-state index contributed by atoms with van der Waals surface area (Å²) in [5.74, 6) is -2.72. The Bertz CT molecular complexity index is 464. The van der Waals surface area contributed by atoms with E-state index in [-0.39, 0.29) is 5.57 Å². The van der Waals surface area contributed by atoms with Crippen molar-refractivity contribution in [1.29, 1.82) is 0 Å². The molecule has 1 aliphatic carbocycles. The fraction of sp³-hybridized carbons (Fsp3) is 0.684. The molecule has 2 N–H and O–H groups in total. The van der Waals surface area contributed by atoms with Gasteiger partial charge in [0.05, 0.1) is 5.92 Å². The Morgan fingerprint density at radius 2 is 1.61 bits per heavy atom. The highest BCUT2D eigenvalue weighted by molar-refractivity contribution is 5.91. The van der Waals surface area contributed by atoms with Crippen molar-refractivity contribution in [3.8, 4) is 0 Å². The van der Waals surface area contributed by atoms with Crippen molar-refractivity contribution in [2.75, 3.05) is 0 Å². The summed E-state index contributed by atoms with van der Waals surface area (Å²) in [5.41, 5.74) is -0.607. The maximum atomic E-state index is 11.5. The molecule has 130 valence electrons. The maximum absolute atomic E-state index is 11.5. The van der Waals surface area contributed by atoms with Crippen LogP contribution in [0.5, 0.6) is 0 Å². The van der Waals surface area contributed by atoms with E-state index in [4.69, 9.17) is 0 Å². The Balaban J connectivity index is 2.52. The van der Waals surface area contributed by atoms with Gasteiger partial charge in [-0.15, -0.1) is 0 Å². The molecule has 4 nitrogen and oxygen atoms in total. The highest BCUT2D eigenvalue weighted by Crippen LogP contribution is 2.44. The van der Waals surface area contributed by atoms with Crippen molar-refractivity contribution in [2.24, 2.45) is 11.3 Å². The molecule has 0 bridgehead atoms. The standard InChI is InChI=1S/C19H30O4/c1-3-4-5-6-7-8-9-10-14-19(2)15(17(20)21)12-11-13-16(19)18(22)23/h11-13,15H,3-10,14H2,1-2H3,(H,20,21)(H,22,23). The predicted octanol–water partition coefficient (Wildman–Crippen LogP) is 4.81. The predicted molar refractivity (Wildman–Crippen MR) is 91.3 cm³/mol. The monoisotopic (exact) mass is 322 g/mol. The summed E-state index contributed by atoms with van der Waals surface area (Å²) in [6.07, 6.45) is 14.6. The van der Waals surface area contributed by atoms with Gasteiger partial charge in [0.2, 0.25) is 0 Å². The van der Waals surface area contributed by atoms with Gasteiger partial charge in [0.1, 0.15) is 0 Å². The summed E-state index contributed by atoms with van der Waals surface area (Å²) in [6.45, 7) is 3.97. The molecule has 0 heterocycles. The van der Waals surface area contributed by atoms with Crippen molar-refractivity contribution in [2.45, 2.75) is 71.6 Å². The molecule has 23 heavy (non-hydrogen) atoms. The second kappa shape index (κ2) is 9.53. The molecule has 0 aromatic heterocycles. The van der Waals surface area contributed by atoms with Gasteiger partial charge >= 0.3 is 11.9 Å². The fourth-order valence-electron chi connectivity index (χ4n) is 3.42. The van der Waals surface area contributed by atoms with Crippen LogP contribution in [0.3, 0.4) is 0 Å². The highest BCUT2D eigenvalue weighted by atomic mass is 16.4. The third-order valence-electron chi connectivity index (χ3n) is 4.91. The molecule has 0 spiro atoms. The minimum atomic E-state index is -1.01. The van der Waals surface area contributed by atoms with E-state index in [0.29, 0.717) is 6.42 Å². The maximum Gasteiger partial charge on any atom is 0.332 e. The number of hydrogen-bond donors (Lipinski definition) is 2. The van der Waals surface area contributed by atoms with Crippen LogP contribution >= 0.6 is 0 Å². The van der Waals surface area contributed by atoms with E-state index in [1.807, 2.05) is 0 Å². The Kier molecular flexibility index (Phi) is 8.07. The van der Waals surface area contributed by atoms with Crippen LogP contribution in [-0.2, 0) is 9.59 Å². The first-order valence-electron chi connectivity index (χ1n) is 8.78. The van der Waals surface area contributed by atoms with Crippen LogP contribution in [0.25, 0.3) is 0 Å². The molecule has 1 rings (SSSR count). The first-order valence-corrected chi connectivity index (χ1v) is 8.78. The third-order valence-corrected chi connectivity index (χ3v) is 4.91. The zero-order chi connectivity index (χ0) is 17.3. The van der Waals surface area contributed by atoms with E-state index < -0.39 is 23.3 Å². The van der Waals surface area contributed by atoms with Crippen LogP contribution in [0.4, 0.5) is 0 Å². The topological polar surface area (TPSA) is 74.6 Å². The third kappa shape index (κ3) is 5.52. The lowest BCUT2D eigenvalue weighted by molar-refractivity contribution is -0.144. The number of carbonyl (C=O) groups is 2. The molecule has 2 unspecified atom stereocenters. The lowest BCUT2D eigenvalue weighted by atomic mass is 9.66. The molecule has 0 aromatic rings. The average Bonchev–Trinajstić information content (AvgIpc) is 2.49. The summed E-state index contributed by atoms with van der Waals surface area (Å²) in [6, 6.07) is 0. The second-order valence-corrected chi connectivity index (χ2v) is 6.73. The van der Waals surface area contributed by atoms with Crippen molar-refractivity contribution in [3.05, 3.63) is 23.8 Å². The summed E-state index contributed by atoms with van der Waals surface area (Å²) in [7, 11) is 0. The largest absolute Gasteiger partial charge is 0.481 e. The molecule has 0 radical (unpaired) electrons. The van der Waals surface area contributed by atoms with Crippen LogP contribution in [0.15, 0.2) is 23.8 Å². The molecule has 2 atom stereocenters. The van der Waals surface area contributed by atoms with E-state index in [0.717, 1.165) is 19.3 Å². The van der Waals surface area contributed by atoms with Gasteiger partial charge < -0.3 is 10.2 Å². The lowest BCUT2D eigenvalue weighted by Gasteiger charge is -2.36. The van der Waals surface area contributed by atoms with E-state index >= 15 is 0 Å². The van der Waals surface area contributed by atoms with Gasteiger partial charge in [-0.25, -0.2) is 4.79 Å². The number of unbranched alkanes of at least 4 members (excludes halogenated alkanes) is 7. The minimum Gasteiger partial charge on any atom is -0.481 e. The van der Waals surface area contributed by atoms with Crippen LogP contribution in [0.1, 0.15) is 71.6 Å². The van der Waals surface area contributed by atoms with Gasteiger partial charge in [-0.1, -0.05) is 83.4 Å². The van der Waals surface area contributed by atoms with Crippen molar-refractivity contribution >= 4 is 11.9 Å². The Morgan fingerprint density at radius 3 is 2.13 bits per heavy atom. The molecule has 0 fully saturated rings.